The number of hydrogen-bond acceptors (Lipinski definition) is 2. The lowest BCUT2D eigenvalue weighted by molar-refractivity contribution is 0.0938. The lowest BCUT2D eigenvalue weighted by Gasteiger charge is -2.13. The Balaban J connectivity index is 2.06. The molecule has 0 saturated carbocycles. The van der Waals surface area contributed by atoms with Crippen molar-refractivity contribution in [1.82, 2.24) is 10.2 Å². The number of halogens is 2. The van der Waals surface area contributed by atoms with E-state index in [9.17, 15) is 9.18 Å². The predicted octanol–water partition coefficient (Wildman–Crippen LogP) is 2.35. The zero-order valence-electron chi connectivity index (χ0n) is 10.2. The number of benzene rings is 1. The Labute approximate surface area is 114 Å². The van der Waals surface area contributed by atoms with Gasteiger partial charge in [0.1, 0.15) is 6.67 Å². The molecular formula is C13H16BrFN2O. The van der Waals surface area contributed by atoms with Crippen LogP contribution in [0.15, 0.2) is 22.7 Å². The Bertz CT molecular complexity index is 453. The summed E-state index contributed by atoms with van der Waals surface area (Å²) in [6.45, 7) is 1.31. The van der Waals surface area contributed by atoms with Gasteiger partial charge in [-0.15, -0.1) is 0 Å². The average Bonchev–Trinajstić information content (AvgIpc) is 2.73. The highest BCUT2D eigenvalue weighted by Crippen LogP contribution is 2.17. The first-order valence-electron chi connectivity index (χ1n) is 5.93. The zero-order chi connectivity index (χ0) is 13.1. The molecule has 0 spiro atoms. The summed E-state index contributed by atoms with van der Waals surface area (Å²) in [5.74, 6) is -0.133. The molecule has 2 rings (SSSR count). The van der Waals surface area contributed by atoms with Gasteiger partial charge in [0, 0.05) is 22.6 Å². The Morgan fingerprint density at radius 2 is 2.33 bits per heavy atom. The van der Waals surface area contributed by atoms with Gasteiger partial charge < -0.3 is 10.2 Å². The van der Waals surface area contributed by atoms with Crippen LogP contribution < -0.4 is 5.32 Å². The zero-order valence-corrected chi connectivity index (χ0v) is 11.8. The molecule has 1 aliphatic heterocycles. The second-order valence-corrected chi connectivity index (χ2v) is 5.62. The molecule has 1 amide bonds. The maximum Gasteiger partial charge on any atom is 0.251 e. The molecule has 1 aromatic carbocycles. The minimum absolute atomic E-state index is 0.133. The van der Waals surface area contributed by atoms with Crippen molar-refractivity contribution in [3.8, 4) is 0 Å². The molecule has 0 bridgehead atoms. The van der Waals surface area contributed by atoms with Gasteiger partial charge >= 0.3 is 0 Å². The van der Waals surface area contributed by atoms with Crippen LogP contribution in [-0.4, -0.2) is 37.0 Å². The van der Waals surface area contributed by atoms with E-state index in [1.165, 1.54) is 0 Å². The number of likely N-dealkylation sites (tertiary alicyclic amines) is 1. The lowest BCUT2D eigenvalue weighted by Crippen LogP contribution is -2.36. The van der Waals surface area contributed by atoms with Gasteiger partial charge in [0.05, 0.1) is 0 Å². The maximum atomic E-state index is 12.6. The number of nitrogens with one attached hydrogen (secondary N) is 1. The van der Waals surface area contributed by atoms with Crippen molar-refractivity contribution in [2.75, 3.05) is 20.1 Å². The number of alkyl halides is 1. The van der Waals surface area contributed by atoms with Crippen molar-refractivity contribution in [3.05, 3.63) is 33.8 Å². The summed E-state index contributed by atoms with van der Waals surface area (Å²) in [5.41, 5.74) is 1.02. The second kappa shape index (κ2) is 5.80. The van der Waals surface area contributed by atoms with Gasteiger partial charge in [0.25, 0.3) is 5.91 Å². The number of likely N-dealkylation sites (N-methyl/N-ethyl adjacent to an activating group) is 1. The van der Waals surface area contributed by atoms with Gasteiger partial charge in [-0.2, -0.15) is 0 Å². The van der Waals surface area contributed by atoms with Crippen LogP contribution in [0.5, 0.6) is 0 Å². The number of nitrogens with zero attached hydrogens (tertiary/aromatic N) is 1. The van der Waals surface area contributed by atoms with E-state index in [0.29, 0.717) is 11.1 Å². The highest BCUT2D eigenvalue weighted by Gasteiger charge is 2.21. The fraction of sp³-hybridized carbons (Fsp3) is 0.462. The third-order valence-electron chi connectivity index (χ3n) is 3.10. The van der Waals surface area contributed by atoms with Gasteiger partial charge in [0.15, 0.2) is 0 Å². The van der Waals surface area contributed by atoms with Crippen molar-refractivity contribution in [3.63, 3.8) is 0 Å². The standard InChI is InChI=1S/C13H16BrFN2O/c1-17-3-2-12(8-17)16-13(18)10-4-9(7-15)5-11(14)6-10/h4-6,12H,2-3,7-8H2,1H3,(H,16,18). The molecule has 0 aromatic heterocycles. The fourth-order valence-corrected chi connectivity index (χ4v) is 2.72. The predicted molar refractivity (Wildman–Crippen MR) is 72.3 cm³/mol. The number of hydrogen-bond donors (Lipinski definition) is 1. The minimum Gasteiger partial charge on any atom is -0.348 e. The highest BCUT2D eigenvalue weighted by atomic mass is 79.9. The quantitative estimate of drug-likeness (QED) is 0.929. The van der Waals surface area contributed by atoms with E-state index in [-0.39, 0.29) is 11.9 Å². The first-order valence-corrected chi connectivity index (χ1v) is 6.72. The maximum absolute atomic E-state index is 12.6. The SMILES string of the molecule is CN1CCC(NC(=O)c2cc(Br)cc(CF)c2)C1. The first-order chi connectivity index (χ1) is 8.58. The third kappa shape index (κ3) is 3.29. The Morgan fingerprint density at radius 1 is 1.56 bits per heavy atom. The molecule has 1 unspecified atom stereocenters. The van der Waals surface area contributed by atoms with Gasteiger partial charge in [-0.1, -0.05) is 15.9 Å². The van der Waals surface area contributed by atoms with E-state index in [1.54, 1.807) is 18.2 Å². The van der Waals surface area contributed by atoms with Crippen LogP contribution in [0.1, 0.15) is 22.3 Å². The summed E-state index contributed by atoms with van der Waals surface area (Å²) >= 11 is 3.29. The lowest BCUT2D eigenvalue weighted by atomic mass is 10.1. The molecule has 1 saturated heterocycles. The summed E-state index contributed by atoms with van der Waals surface area (Å²) in [6, 6.07) is 5.18. The number of carbonyl (C=O) groups is 1. The first kappa shape index (κ1) is 13.5. The van der Waals surface area contributed by atoms with E-state index in [1.807, 2.05) is 7.05 Å². The van der Waals surface area contributed by atoms with E-state index >= 15 is 0 Å². The normalized spacial score (nSPS) is 20.1. The molecular weight excluding hydrogens is 299 g/mol. The third-order valence-corrected chi connectivity index (χ3v) is 3.56. The monoisotopic (exact) mass is 314 g/mol. The van der Waals surface area contributed by atoms with Crippen LogP contribution in [0.4, 0.5) is 4.39 Å². The van der Waals surface area contributed by atoms with Crippen LogP contribution in [0.3, 0.4) is 0 Å². The fourth-order valence-electron chi connectivity index (χ4n) is 2.18. The summed E-state index contributed by atoms with van der Waals surface area (Å²) < 4.78 is 13.4. The molecule has 1 N–H and O–H groups in total. The van der Waals surface area contributed by atoms with E-state index in [2.05, 4.69) is 26.1 Å². The van der Waals surface area contributed by atoms with Gasteiger partial charge in [-0.25, -0.2) is 4.39 Å². The van der Waals surface area contributed by atoms with E-state index in [0.717, 1.165) is 24.0 Å². The molecule has 3 nitrogen and oxygen atoms in total. The Kier molecular flexibility index (Phi) is 4.35. The molecule has 0 aliphatic carbocycles. The van der Waals surface area contributed by atoms with Crippen molar-refractivity contribution in [2.24, 2.45) is 0 Å². The van der Waals surface area contributed by atoms with Gasteiger partial charge in [0.2, 0.25) is 0 Å². The largest absolute Gasteiger partial charge is 0.348 e. The van der Waals surface area contributed by atoms with Crippen LogP contribution in [0.25, 0.3) is 0 Å². The molecule has 5 heteroatoms. The number of rotatable bonds is 3. The van der Waals surface area contributed by atoms with Crippen molar-refractivity contribution >= 4 is 21.8 Å². The molecule has 18 heavy (non-hydrogen) atoms. The highest BCUT2D eigenvalue weighted by molar-refractivity contribution is 9.10. The smallest absolute Gasteiger partial charge is 0.251 e. The van der Waals surface area contributed by atoms with Crippen LogP contribution >= 0.6 is 15.9 Å². The average molecular weight is 315 g/mol. The van der Waals surface area contributed by atoms with Crippen molar-refractivity contribution < 1.29 is 9.18 Å². The van der Waals surface area contributed by atoms with E-state index in [4.69, 9.17) is 0 Å². The summed E-state index contributed by atoms with van der Waals surface area (Å²) in [6.07, 6.45) is 0.964. The van der Waals surface area contributed by atoms with Gasteiger partial charge in [-0.3, -0.25) is 4.79 Å². The second-order valence-electron chi connectivity index (χ2n) is 4.70. The van der Waals surface area contributed by atoms with Crippen LogP contribution in [-0.2, 0) is 6.67 Å². The minimum atomic E-state index is -0.564. The van der Waals surface area contributed by atoms with E-state index < -0.39 is 6.67 Å². The van der Waals surface area contributed by atoms with Crippen molar-refractivity contribution in [1.29, 1.82) is 0 Å². The number of carbonyl (C=O) groups excluding carboxylic acids is 1. The van der Waals surface area contributed by atoms with Crippen molar-refractivity contribution in [2.45, 2.75) is 19.1 Å². The Hall–Kier alpha value is -0.940. The Morgan fingerprint density at radius 3 is 2.94 bits per heavy atom. The topological polar surface area (TPSA) is 32.3 Å². The molecule has 1 aromatic rings. The number of amides is 1. The molecule has 0 radical (unpaired) electrons. The molecule has 1 atom stereocenters. The molecule has 98 valence electrons. The summed E-state index contributed by atoms with van der Waals surface area (Å²) in [5, 5.41) is 2.98. The van der Waals surface area contributed by atoms with Crippen LogP contribution in [0, 0.1) is 0 Å². The summed E-state index contributed by atoms with van der Waals surface area (Å²) in [4.78, 5) is 14.2. The van der Waals surface area contributed by atoms with Crippen LogP contribution in [0.2, 0.25) is 0 Å². The van der Waals surface area contributed by atoms with Gasteiger partial charge in [-0.05, 0) is 43.8 Å². The molecule has 1 heterocycles. The summed E-state index contributed by atoms with van der Waals surface area (Å²) in [7, 11) is 2.03. The molecule has 1 fully saturated rings. The molecule has 1 aliphatic rings.